The molecule has 0 rings (SSSR count). The van der Waals surface area contributed by atoms with Crippen LogP contribution in [0.3, 0.4) is 0 Å². The molecule has 0 heterocycles. The zero-order chi connectivity index (χ0) is 19.3. The molecule has 0 saturated carbocycles. The first-order valence-corrected chi connectivity index (χ1v) is 11.5. The Morgan fingerprint density at radius 2 is 1.58 bits per heavy atom. The van der Waals surface area contributed by atoms with Gasteiger partial charge in [-0.25, -0.2) is 0 Å². The molecule has 5 nitrogen and oxygen atoms in total. The Balaban J connectivity index is 4.77. The van der Waals surface area contributed by atoms with Crippen LogP contribution in [-0.2, 0) is 18.8 Å². The lowest BCUT2D eigenvalue weighted by atomic mass is 9.97. The van der Waals surface area contributed by atoms with Crippen molar-refractivity contribution < 1.29 is 23.9 Å². The fourth-order valence-corrected chi connectivity index (χ4v) is 3.12. The number of aliphatic hydroxyl groups is 1. The third kappa shape index (κ3) is 7.45. The lowest BCUT2D eigenvalue weighted by molar-refractivity contribution is -0.153. The second-order valence-electron chi connectivity index (χ2n) is 9.00. The second kappa shape index (κ2) is 8.58. The second-order valence-corrected chi connectivity index (χ2v) is 13.8. The Bertz CT molecular complexity index is 432. The van der Waals surface area contributed by atoms with Gasteiger partial charge in [0, 0.05) is 0 Å². The Morgan fingerprint density at radius 3 is 1.96 bits per heavy atom. The van der Waals surface area contributed by atoms with Crippen LogP contribution in [0, 0.1) is 5.41 Å². The molecule has 0 aliphatic carbocycles. The maximum atomic E-state index is 11.8. The van der Waals surface area contributed by atoms with Crippen molar-refractivity contribution in [1.82, 2.24) is 0 Å². The number of ketones is 1. The molecule has 0 bridgehead atoms. The molecule has 1 N–H and O–H groups in total. The number of hydrogen-bond donors (Lipinski definition) is 1. The highest BCUT2D eigenvalue weighted by Crippen LogP contribution is 2.38. The first-order valence-electron chi connectivity index (χ1n) is 8.63. The molecule has 0 fully saturated rings. The number of rotatable bonds is 8. The van der Waals surface area contributed by atoms with Crippen LogP contribution in [0.4, 0.5) is 0 Å². The van der Waals surface area contributed by atoms with E-state index in [1.807, 2.05) is 0 Å². The average molecular weight is 361 g/mol. The molecule has 0 aliphatic heterocycles. The van der Waals surface area contributed by atoms with E-state index in [0.29, 0.717) is 12.8 Å². The van der Waals surface area contributed by atoms with Gasteiger partial charge in [-0.1, -0.05) is 20.8 Å². The van der Waals surface area contributed by atoms with E-state index < -0.39 is 25.9 Å². The van der Waals surface area contributed by atoms with Crippen LogP contribution < -0.4 is 0 Å². The van der Waals surface area contributed by atoms with E-state index in [-0.39, 0.29) is 23.4 Å². The Morgan fingerprint density at radius 1 is 1.08 bits per heavy atom. The smallest absolute Gasteiger partial charge is 0.311 e. The summed E-state index contributed by atoms with van der Waals surface area (Å²) < 4.78 is 11.5. The predicted octanol–water partition coefficient (Wildman–Crippen LogP) is 3.70. The number of carbonyl (C=O) groups excluding carboxylic acids is 2. The van der Waals surface area contributed by atoms with Crippen molar-refractivity contribution in [2.24, 2.45) is 5.41 Å². The lowest BCUT2D eigenvalue weighted by Gasteiger charge is -2.40. The van der Waals surface area contributed by atoms with Gasteiger partial charge in [-0.3, -0.25) is 9.59 Å². The van der Waals surface area contributed by atoms with Crippen molar-refractivity contribution in [2.45, 2.75) is 91.6 Å². The van der Waals surface area contributed by atoms with Crippen LogP contribution in [0.15, 0.2) is 0 Å². The van der Waals surface area contributed by atoms with Crippen LogP contribution in [0.5, 0.6) is 0 Å². The Kier molecular flexibility index (Phi) is 8.32. The standard InChI is InChI=1S/C18H36O5Si/c1-13(19)15(20)14(23-24(8,9)18(5,6)7)11-10-12-22-16(21)17(2,3)4/h14-15,20H,10-12H2,1-9H3/t14-,15-/m1/s1. The number of ether oxygens (including phenoxy) is 1. The van der Waals surface area contributed by atoms with Gasteiger partial charge >= 0.3 is 5.97 Å². The van der Waals surface area contributed by atoms with Gasteiger partial charge in [0.05, 0.1) is 18.1 Å². The van der Waals surface area contributed by atoms with E-state index in [9.17, 15) is 14.7 Å². The number of Topliss-reactive ketones (excluding diaryl/α,β-unsaturated/α-hetero) is 1. The van der Waals surface area contributed by atoms with Gasteiger partial charge in [-0.05, 0) is 58.7 Å². The molecule has 0 radical (unpaired) electrons. The van der Waals surface area contributed by atoms with Gasteiger partial charge in [0.15, 0.2) is 14.1 Å². The molecule has 24 heavy (non-hydrogen) atoms. The summed E-state index contributed by atoms with van der Waals surface area (Å²) in [5, 5.41) is 10.2. The fourth-order valence-electron chi connectivity index (χ4n) is 1.76. The summed E-state index contributed by atoms with van der Waals surface area (Å²) in [6, 6.07) is 0. The minimum absolute atomic E-state index is 0.0134. The molecule has 0 aromatic heterocycles. The van der Waals surface area contributed by atoms with Gasteiger partial charge < -0.3 is 14.3 Å². The normalized spacial score (nSPS) is 15.8. The molecule has 0 saturated heterocycles. The van der Waals surface area contributed by atoms with Gasteiger partial charge in [-0.15, -0.1) is 0 Å². The number of aliphatic hydroxyl groups excluding tert-OH is 1. The highest BCUT2D eigenvalue weighted by molar-refractivity contribution is 6.74. The molecule has 0 aliphatic rings. The Hall–Kier alpha value is -0.723. The average Bonchev–Trinajstić information content (AvgIpc) is 2.38. The van der Waals surface area contributed by atoms with Crippen LogP contribution in [0.2, 0.25) is 18.1 Å². The van der Waals surface area contributed by atoms with Crippen molar-refractivity contribution >= 4 is 20.1 Å². The largest absolute Gasteiger partial charge is 0.465 e. The molecule has 0 spiro atoms. The quantitative estimate of drug-likeness (QED) is 0.406. The predicted molar refractivity (Wildman–Crippen MR) is 98.4 cm³/mol. The molecule has 0 aromatic carbocycles. The van der Waals surface area contributed by atoms with Crippen molar-refractivity contribution in [1.29, 1.82) is 0 Å². The summed E-state index contributed by atoms with van der Waals surface area (Å²) in [6.07, 6.45) is -0.676. The van der Waals surface area contributed by atoms with Gasteiger partial charge in [0.2, 0.25) is 0 Å². The van der Waals surface area contributed by atoms with Crippen LogP contribution in [0.25, 0.3) is 0 Å². The zero-order valence-electron chi connectivity index (χ0n) is 16.9. The van der Waals surface area contributed by atoms with Crippen molar-refractivity contribution in [3.05, 3.63) is 0 Å². The van der Waals surface area contributed by atoms with Crippen molar-refractivity contribution in [3.8, 4) is 0 Å². The monoisotopic (exact) mass is 360 g/mol. The maximum Gasteiger partial charge on any atom is 0.311 e. The summed E-state index contributed by atoms with van der Waals surface area (Å²) in [7, 11) is -2.11. The SMILES string of the molecule is CC(=O)[C@@H](O)[C@@H](CCCOC(=O)C(C)(C)C)O[Si](C)(C)C(C)(C)C. The highest BCUT2D eigenvalue weighted by atomic mass is 28.4. The van der Waals surface area contributed by atoms with Crippen molar-refractivity contribution in [3.63, 3.8) is 0 Å². The molecule has 142 valence electrons. The van der Waals surface area contributed by atoms with E-state index in [4.69, 9.17) is 9.16 Å². The van der Waals surface area contributed by atoms with E-state index in [1.165, 1.54) is 6.92 Å². The third-order valence-electron chi connectivity index (χ3n) is 4.50. The van der Waals surface area contributed by atoms with E-state index in [0.717, 1.165) is 0 Å². The van der Waals surface area contributed by atoms with Crippen LogP contribution >= 0.6 is 0 Å². The first kappa shape index (κ1) is 23.3. The molecular weight excluding hydrogens is 324 g/mol. The maximum absolute atomic E-state index is 11.8. The minimum atomic E-state index is -2.11. The molecule has 6 heteroatoms. The molecule has 0 amide bonds. The van der Waals surface area contributed by atoms with E-state index >= 15 is 0 Å². The number of carbonyl (C=O) groups is 2. The molecule has 2 atom stereocenters. The highest BCUT2D eigenvalue weighted by Gasteiger charge is 2.41. The molecule has 0 aromatic rings. The summed E-state index contributed by atoms with van der Waals surface area (Å²) in [6.45, 7) is 17.6. The molecule has 0 unspecified atom stereocenters. The lowest BCUT2D eigenvalue weighted by Crippen LogP contribution is -2.48. The molecular formula is C18H36O5Si. The number of esters is 1. The minimum Gasteiger partial charge on any atom is -0.465 e. The van der Waals surface area contributed by atoms with Gasteiger partial charge in [0.25, 0.3) is 0 Å². The topological polar surface area (TPSA) is 72.8 Å². The summed E-state index contributed by atoms with van der Waals surface area (Å²) in [5.41, 5.74) is -0.532. The Labute approximate surface area is 148 Å². The summed E-state index contributed by atoms with van der Waals surface area (Å²) in [5.74, 6) is -0.554. The first-order chi connectivity index (χ1) is 10.6. The van der Waals surface area contributed by atoms with Gasteiger partial charge in [-0.2, -0.15) is 0 Å². The summed E-state index contributed by atoms with van der Waals surface area (Å²) >= 11 is 0. The van der Waals surface area contributed by atoms with Crippen LogP contribution in [0.1, 0.15) is 61.3 Å². The summed E-state index contributed by atoms with van der Waals surface area (Å²) in [4.78, 5) is 23.4. The number of hydrogen-bond acceptors (Lipinski definition) is 5. The third-order valence-corrected chi connectivity index (χ3v) is 9.00. The van der Waals surface area contributed by atoms with E-state index in [2.05, 4.69) is 33.9 Å². The van der Waals surface area contributed by atoms with Gasteiger partial charge in [0.1, 0.15) is 6.10 Å². The van der Waals surface area contributed by atoms with Crippen LogP contribution in [-0.4, -0.2) is 44.0 Å². The fraction of sp³-hybridized carbons (Fsp3) is 0.889. The zero-order valence-corrected chi connectivity index (χ0v) is 17.9. The van der Waals surface area contributed by atoms with E-state index in [1.54, 1.807) is 20.8 Å². The van der Waals surface area contributed by atoms with Crippen molar-refractivity contribution in [2.75, 3.05) is 6.61 Å².